The molecule has 0 saturated carbocycles. The molecule has 1 aliphatic heterocycles. The highest BCUT2D eigenvalue weighted by Crippen LogP contribution is 2.29. The van der Waals surface area contributed by atoms with Crippen LogP contribution in [-0.2, 0) is 16.4 Å². The molecule has 1 aromatic carbocycles. The van der Waals surface area contributed by atoms with E-state index in [1.807, 2.05) is 0 Å². The summed E-state index contributed by atoms with van der Waals surface area (Å²) in [5, 5.41) is 7.64. The van der Waals surface area contributed by atoms with Crippen molar-refractivity contribution in [2.24, 2.45) is 5.14 Å². The summed E-state index contributed by atoms with van der Waals surface area (Å²) in [7, 11) is -3.97. The molecule has 0 atom stereocenters. The van der Waals surface area contributed by atoms with Crippen LogP contribution in [0.5, 0.6) is 0 Å². The van der Waals surface area contributed by atoms with Gasteiger partial charge in [0, 0.05) is 6.54 Å². The number of nitrogens with two attached hydrogens (primary N) is 1. The van der Waals surface area contributed by atoms with E-state index in [9.17, 15) is 12.8 Å². The maximum atomic E-state index is 13.5. The average Bonchev–Trinajstić information content (AvgIpc) is 2.50. The third-order valence-corrected chi connectivity index (χ3v) is 3.12. The van der Waals surface area contributed by atoms with Gasteiger partial charge in [-0.15, -0.1) is 0 Å². The van der Waals surface area contributed by atoms with Crippen LogP contribution in [0.15, 0.2) is 17.0 Å². The zero-order chi connectivity index (χ0) is 10.3. The molecule has 0 fully saturated rings. The number of sulfonamides is 1. The molecule has 14 heavy (non-hydrogen) atoms. The Kier molecular flexibility index (Phi) is 1.97. The summed E-state index contributed by atoms with van der Waals surface area (Å²) in [6.45, 7) is 0.625. The molecule has 76 valence electrons. The van der Waals surface area contributed by atoms with E-state index >= 15 is 0 Å². The third-order valence-electron chi connectivity index (χ3n) is 2.20. The van der Waals surface area contributed by atoms with Crippen molar-refractivity contribution in [3.05, 3.63) is 23.5 Å². The molecule has 0 amide bonds. The molecule has 1 aliphatic rings. The van der Waals surface area contributed by atoms with Crippen LogP contribution in [-0.4, -0.2) is 15.0 Å². The van der Waals surface area contributed by atoms with Crippen LogP contribution in [0.1, 0.15) is 5.56 Å². The zero-order valence-electron chi connectivity index (χ0n) is 7.25. The maximum Gasteiger partial charge on any atom is 0.241 e. The van der Waals surface area contributed by atoms with E-state index in [2.05, 4.69) is 5.32 Å². The van der Waals surface area contributed by atoms with Crippen LogP contribution in [0, 0.1) is 5.82 Å². The highest BCUT2D eigenvalue weighted by molar-refractivity contribution is 7.89. The van der Waals surface area contributed by atoms with Gasteiger partial charge in [0.15, 0.2) is 5.82 Å². The fourth-order valence-corrected chi connectivity index (χ4v) is 2.15. The molecular formula is C8H9FN2O2S. The second kappa shape index (κ2) is 2.93. The minimum atomic E-state index is -3.97. The predicted octanol–water partition coefficient (Wildman–Crippen LogP) is 0.441. The van der Waals surface area contributed by atoms with Crippen molar-refractivity contribution < 1.29 is 12.8 Å². The van der Waals surface area contributed by atoms with Gasteiger partial charge in [-0.3, -0.25) is 0 Å². The van der Waals surface area contributed by atoms with Gasteiger partial charge in [0.2, 0.25) is 10.0 Å². The fourth-order valence-electron chi connectivity index (χ4n) is 1.54. The maximum absolute atomic E-state index is 13.5. The van der Waals surface area contributed by atoms with E-state index in [0.29, 0.717) is 13.0 Å². The molecule has 0 saturated heterocycles. The molecular weight excluding hydrogens is 207 g/mol. The molecule has 0 aromatic heterocycles. The van der Waals surface area contributed by atoms with Crippen LogP contribution in [0.4, 0.5) is 10.1 Å². The average molecular weight is 216 g/mol. The van der Waals surface area contributed by atoms with E-state index in [0.717, 1.165) is 5.56 Å². The lowest BCUT2D eigenvalue weighted by Gasteiger charge is -2.05. The van der Waals surface area contributed by atoms with Crippen molar-refractivity contribution in [2.75, 3.05) is 11.9 Å². The quantitative estimate of drug-likeness (QED) is 0.715. The van der Waals surface area contributed by atoms with Crippen LogP contribution >= 0.6 is 0 Å². The SMILES string of the molecule is NS(=O)(=O)c1ccc2c(c1F)NCC2. The number of rotatable bonds is 1. The standard InChI is InChI=1S/C8H9FN2O2S/c9-7-6(14(10,12)13)2-1-5-3-4-11-8(5)7/h1-2,11H,3-4H2,(H2,10,12,13). The number of nitrogens with one attached hydrogen (secondary N) is 1. The van der Waals surface area contributed by atoms with Gasteiger partial charge in [0.25, 0.3) is 0 Å². The Morgan fingerprint density at radius 3 is 2.79 bits per heavy atom. The summed E-state index contributed by atoms with van der Waals surface area (Å²) in [6, 6.07) is 2.79. The summed E-state index contributed by atoms with van der Waals surface area (Å²) >= 11 is 0. The second-order valence-electron chi connectivity index (χ2n) is 3.13. The van der Waals surface area contributed by atoms with E-state index in [1.54, 1.807) is 6.07 Å². The van der Waals surface area contributed by atoms with Crippen molar-refractivity contribution in [2.45, 2.75) is 11.3 Å². The van der Waals surface area contributed by atoms with Crippen molar-refractivity contribution in [1.82, 2.24) is 0 Å². The van der Waals surface area contributed by atoms with Gasteiger partial charge in [0.1, 0.15) is 4.90 Å². The first-order valence-electron chi connectivity index (χ1n) is 4.08. The molecule has 6 heteroatoms. The lowest BCUT2D eigenvalue weighted by atomic mass is 10.2. The molecule has 0 radical (unpaired) electrons. The first-order chi connectivity index (χ1) is 6.50. The third kappa shape index (κ3) is 1.36. The highest BCUT2D eigenvalue weighted by atomic mass is 32.2. The normalized spacial score (nSPS) is 15.0. The number of hydrogen-bond acceptors (Lipinski definition) is 3. The van der Waals surface area contributed by atoms with E-state index < -0.39 is 20.7 Å². The summed E-state index contributed by atoms with van der Waals surface area (Å²) in [5.41, 5.74) is 1.05. The Hall–Kier alpha value is -1.14. The van der Waals surface area contributed by atoms with Gasteiger partial charge in [-0.25, -0.2) is 17.9 Å². The number of primary sulfonamides is 1. The molecule has 1 heterocycles. The Bertz CT molecular complexity index is 484. The van der Waals surface area contributed by atoms with Crippen molar-refractivity contribution >= 4 is 15.7 Å². The van der Waals surface area contributed by atoms with Gasteiger partial charge in [-0.05, 0) is 18.1 Å². The van der Waals surface area contributed by atoms with Crippen LogP contribution in [0.25, 0.3) is 0 Å². The van der Waals surface area contributed by atoms with Crippen LogP contribution in [0.2, 0.25) is 0 Å². The van der Waals surface area contributed by atoms with Crippen molar-refractivity contribution in [3.63, 3.8) is 0 Å². The van der Waals surface area contributed by atoms with Gasteiger partial charge in [-0.1, -0.05) is 6.07 Å². The summed E-state index contributed by atoms with van der Waals surface area (Å²) < 4.78 is 35.5. The Morgan fingerprint density at radius 1 is 1.43 bits per heavy atom. The fraction of sp³-hybridized carbons (Fsp3) is 0.250. The monoisotopic (exact) mass is 216 g/mol. The molecule has 3 N–H and O–H groups in total. The Labute approximate surface area is 81.0 Å². The minimum Gasteiger partial charge on any atom is -0.382 e. The zero-order valence-corrected chi connectivity index (χ0v) is 8.07. The van der Waals surface area contributed by atoms with E-state index in [4.69, 9.17) is 5.14 Å². The number of fused-ring (bicyclic) bond motifs is 1. The smallest absolute Gasteiger partial charge is 0.241 e. The number of benzene rings is 1. The number of anilines is 1. The first kappa shape index (κ1) is 9.42. The Balaban J connectivity index is 2.68. The molecule has 0 bridgehead atoms. The summed E-state index contributed by atoms with van der Waals surface area (Å²) in [4.78, 5) is -0.453. The lowest BCUT2D eigenvalue weighted by molar-refractivity contribution is 0.570. The van der Waals surface area contributed by atoms with Gasteiger partial charge in [-0.2, -0.15) is 0 Å². The lowest BCUT2D eigenvalue weighted by Crippen LogP contribution is -2.14. The van der Waals surface area contributed by atoms with E-state index in [-0.39, 0.29) is 5.69 Å². The number of halogens is 1. The molecule has 0 aliphatic carbocycles. The summed E-state index contributed by atoms with van der Waals surface area (Å²) in [5.74, 6) is -0.775. The van der Waals surface area contributed by atoms with Gasteiger partial charge < -0.3 is 5.32 Å². The van der Waals surface area contributed by atoms with Gasteiger partial charge >= 0.3 is 0 Å². The molecule has 1 aromatic rings. The molecule has 0 unspecified atom stereocenters. The largest absolute Gasteiger partial charge is 0.382 e. The van der Waals surface area contributed by atoms with Gasteiger partial charge in [0.05, 0.1) is 5.69 Å². The number of hydrogen-bond donors (Lipinski definition) is 2. The van der Waals surface area contributed by atoms with Crippen LogP contribution in [0.3, 0.4) is 0 Å². The van der Waals surface area contributed by atoms with E-state index in [1.165, 1.54) is 6.07 Å². The minimum absolute atomic E-state index is 0.261. The molecule has 0 spiro atoms. The molecule has 4 nitrogen and oxygen atoms in total. The highest BCUT2D eigenvalue weighted by Gasteiger charge is 2.22. The second-order valence-corrected chi connectivity index (χ2v) is 4.66. The van der Waals surface area contributed by atoms with Crippen molar-refractivity contribution in [1.29, 1.82) is 0 Å². The molecule has 2 rings (SSSR count). The topological polar surface area (TPSA) is 72.2 Å². The van der Waals surface area contributed by atoms with Crippen molar-refractivity contribution in [3.8, 4) is 0 Å². The van der Waals surface area contributed by atoms with Crippen LogP contribution < -0.4 is 10.5 Å². The predicted molar refractivity (Wildman–Crippen MR) is 50.0 cm³/mol. The first-order valence-corrected chi connectivity index (χ1v) is 5.63. The summed E-state index contributed by atoms with van der Waals surface area (Å²) in [6.07, 6.45) is 0.706. The Morgan fingerprint density at radius 2 is 2.14 bits per heavy atom.